The highest BCUT2D eigenvalue weighted by atomic mass is 16.6. The summed E-state index contributed by atoms with van der Waals surface area (Å²) in [5, 5.41) is 11.3. The zero-order valence-corrected chi connectivity index (χ0v) is 14.3. The van der Waals surface area contributed by atoms with Crippen LogP contribution in [0.4, 0.5) is 11.4 Å². The molecule has 6 nitrogen and oxygen atoms in total. The Kier molecular flexibility index (Phi) is 4.92. The zero-order valence-electron chi connectivity index (χ0n) is 14.3. The molecule has 126 valence electrons. The quantitative estimate of drug-likeness (QED) is 0.634. The highest BCUT2D eigenvalue weighted by molar-refractivity contribution is 5.76. The van der Waals surface area contributed by atoms with Crippen molar-refractivity contribution in [3.05, 3.63) is 33.9 Å². The predicted molar refractivity (Wildman–Crippen MR) is 90.9 cm³/mol. The highest BCUT2D eigenvalue weighted by Gasteiger charge is 2.27. The molecule has 2 rings (SSSR count). The molecule has 1 fully saturated rings. The molecule has 6 heteroatoms. The molecule has 0 bridgehead atoms. The molecular formula is C17H25N3O3. The average molecular weight is 319 g/mol. The van der Waals surface area contributed by atoms with Crippen LogP contribution in [-0.4, -0.2) is 41.9 Å². The van der Waals surface area contributed by atoms with Crippen molar-refractivity contribution < 1.29 is 9.72 Å². The lowest BCUT2D eigenvalue weighted by Crippen LogP contribution is -2.48. The third-order valence-electron chi connectivity index (χ3n) is 4.28. The van der Waals surface area contributed by atoms with E-state index < -0.39 is 0 Å². The van der Waals surface area contributed by atoms with E-state index in [9.17, 15) is 14.9 Å². The third kappa shape index (κ3) is 3.81. The first kappa shape index (κ1) is 17.2. The summed E-state index contributed by atoms with van der Waals surface area (Å²) >= 11 is 0. The fourth-order valence-electron chi connectivity index (χ4n) is 2.92. The van der Waals surface area contributed by atoms with Gasteiger partial charge in [-0.25, -0.2) is 0 Å². The van der Waals surface area contributed by atoms with Gasteiger partial charge >= 0.3 is 0 Å². The standard InChI is InChI=1S/C17H25N3O3/c1-5-16(21)19-10-8-18(9-11-19)13-6-7-15(20(22)23)14(12-13)17(2,3)4/h6-7,12H,5,8-11H2,1-4H3. The maximum atomic E-state index is 11.7. The monoisotopic (exact) mass is 319 g/mol. The normalized spacial score (nSPS) is 15.7. The van der Waals surface area contributed by atoms with Gasteiger partial charge in [0.2, 0.25) is 5.91 Å². The fraction of sp³-hybridized carbons (Fsp3) is 0.588. The number of carbonyl (C=O) groups excluding carboxylic acids is 1. The fourth-order valence-corrected chi connectivity index (χ4v) is 2.92. The Balaban J connectivity index is 2.22. The molecule has 0 atom stereocenters. The summed E-state index contributed by atoms with van der Waals surface area (Å²) in [4.78, 5) is 26.8. The maximum Gasteiger partial charge on any atom is 0.273 e. The van der Waals surface area contributed by atoms with E-state index in [4.69, 9.17) is 0 Å². The smallest absolute Gasteiger partial charge is 0.273 e. The average Bonchev–Trinajstić information content (AvgIpc) is 2.52. The van der Waals surface area contributed by atoms with Crippen LogP contribution >= 0.6 is 0 Å². The van der Waals surface area contributed by atoms with E-state index in [1.165, 1.54) is 0 Å². The van der Waals surface area contributed by atoms with Gasteiger partial charge in [0.25, 0.3) is 5.69 Å². The molecule has 0 aromatic heterocycles. The Morgan fingerprint density at radius 2 is 1.83 bits per heavy atom. The lowest BCUT2D eigenvalue weighted by molar-refractivity contribution is -0.386. The van der Waals surface area contributed by atoms with Crippen LogP contribution in [0.25, 0.3) is 0 Å². The van der Waals surface area contributed by atoms with Crippen LogP contribution in [0, 0.1) is 10.1 Å². The molecule has 0 saturated carbocycles. The van der Waals surface area contributed by atoms with Crippen LogP contribution in [0.5, 0.6) is 0 Å². The summed E-state index contributed by atoms with van der Waals surface area (Å²) < 4.78 is 0. The van der Waals surface area contributed by atoms with E-state index in [1.54, 1.807) is 6.07 Å². The van der Waals surface area contributed by atoms with Gasteiger partial charge in [-0.3, -0.25) is 14.9 Å². The number of rotatable bonds is 3. The molecule has 0 unspecified atom stereocenters. The number of nitro benzene ring substituents is 1. The number of hydrogen-bond acceptors (Lipinski definition) is 4. The minimum Gasteiger partial charge on any atom is -0.368 e. The van der Waals surface area contributed by atoms with Gasteiger partial charge < -0.3 is 9.80 Å². The summed E-state index contributed by atoms with van der Waals surface area (Å²) in [6, 6.07) is 5.33. The van der Waals surface area contributed by atoms with Crippen molar-refractivity contribution in [1.29, 1.82) is 0 Å². The van der Waals surface area contributed by atoms with Crippen LogP contribution in [0.3, 0.4) is 0 Å². The Hall–Kier alpha value is -2.11. The van der Waals surface area contributed by atoms with Gasteiger partial charge in [0.05, 0.1) is 4.92 Å². The van der Waals surface area contributed by atoms with Gasteiger partial charge in [-0.15, -0.1) is 0 Å². The van der Waals surface area contributed by atoms with Crippen LogP contribution < -0.4 is 4.90 Å². The molecular weight excluding hydrogens is 294 g/mol. The second-order valence-electron chi connectivity index (χ2n) is 6.93. The lowest BCUT2D eigenvalue weighted by Gasteiger charge is -2.36. The first-order valence-corrected chi connectivity index (χ1v) is 8.05. The summed E-state index contributed by atoms with van der Waals surface area (Å²) in [7, 11) is 0. The second kappa shape index (κ2) is 6.56. The molecule has 1 aliphatic heterocycles. The molecule has 1 amide bonds. The lowest BCUT2D eigenvalue weighted by atomic mass is 9.85. The molecule has 1 saturated heterocycles. The van der Waals surface area contributed by atoms with E-state index in [0.717, 1.165) is 24.3 Å². The van der Waals surface area contributed by atoms with E-state index in [1.807, 2.05) is 44.7 Å². The number of carbonyl (C=O) groups is 1. The molecule has 1 aromatic rings. The van der Waals surface area contributed by atoms with Gasteiger partial charge in [-0.1, -0.05) is 27.7 Å². The topological polar surface area (TPSA) is 66.7 Å². The van der Waals surface area contributed by atoms with Crippen LogP contribution in [-0.2, 0) is 10.2 Å². The van der Waals surface area contributed by atoms with Crippen molar-refractivity contribution >= 4 is 17.3 Å². The number of amides is 1. The van der Waals surface area contributed by atoms with Crippen molar-refractivity contribution in [3.63, 3.8) is 0 Å². The van der Waals surface area contributed by atoms with Gasteiger partial charge in [0.1, 0.15) is 0 Å². The van der Waals surface area contributed by atoms with Gasteiger partial charge in [-0.2, -0.15) is 0 Å². The first-order valence-electron chi connectivity index (χ1n) is 8.05. The van der Waals surface area contributed by atoms with Crippen molar-refractivity contribution in [2.45, 2.75) is 39.5 Å². The number of nitro groups is 1. The molecule has 0 radical (unpaired) electrons. The molecule has 1 aliphatic rings. The summed E-state index contributed by atoms with van der Waals surface area (Å²) in [6.07, 6.45) is 0.533. The van der Waals surface area contributed by atoms with Crippen molar-refractivity contribution in [3.8, 4) is 0 Å². The molecule has 0 aliphatic carbocycles. The molecule has 0 N–H and O–H groups in total. The number of piperazine rings is 1. The largest absolute Gasteiger partial charge is 0.368 e. The summed E-state index contributed by atoms with van der Waals surface area (Å²) in [6.45, 7) is 10.7. The van der Waals surface area contributed by atoms with Crippen LogP contribution in [0.15, 0.2) is 18.2 Å². The Morgan fingerprint density at radius 3 is 2.30 bits per heavy atom. The minimum atomic E-state index is -0.317. The van der Waals surface area contributed by atoms with Gasteiger partial charge in [-0.05, 0) is 17.5 Å². The summed E-state index contributed by atoms with van der Waals surface area (Å²) in [5.74, 6) is 0.184. The van der Waals surface area contributed by atoms with Crippen LogP contribution in [0.2, 0.25) is 0 Å². The van der Waals surface area contributed by atoms with E-state index in [-0.39, 0.29) is 21.9 Å². The predicted octanol–water partition coefficient (Wildman–Crippen LogP) is 2.95. The van der Waals surface area contributed by atoms with Crippen molar-refractivity contribution in [1.82, 2.24) is 4.90 Å². The maximum absolute atomic E-state index is 11.7. The first-order chi connectivity index (χ1) is 10.7. The van der Waals surface area contributed by atoms with E-state index in [0.29, 0.717) is 19.5 Å². The summed E-state index contributed by atoms with van der Waals surface area (Å²) in [5.41, 5.74) is 1.61. The van der Waals surface area contributed by atoms with E-state index >= 15 is 0 Å². The Labute approximate surface area is 137 Å². The second-order valence-corrected chi connectivity index (χ2v) is 6.93. The van der Waals surface area contributed by atoms with Crippen LogP contribution in [0.1, 0.15) is 39.7 Å². The molecule has 23 heavy (non-hydrogen) atoms. The number of hydrogen-bond donors (Lipinski definition) is 0. The molecule has 0 spiro atoms. The molecule has 1 heterocycles. The number of anilines is 1. The third-order valence-corrected chi connectivity index (χ3v) is 4.28. The highest BCUT2D eigenvalue weighted by Crippen LogP contribution is 2.34. The molecule has 1 aromatic carbocycles. The Morgan fingerprint density at radius 1 is 1.22 bits per heavy atom. The minimum absolute atomic E-state index is 0.168. The van der Waals surface area contributed by atoms with Gasteiger partial charge in [0.15, 0.2) is 0 Å². The van der Waals surface area contributed by atoms with Gasteiger partial charge in [0, 0.05) is 49.9 Å². The Bertz CT molecular complexity index is 600. The zero-order chi connectivity index (χ0) is 17.2. The van der Waals surface area contributed by atoms with Crippen molar-refractivity contribution in [2.24, 2.45) is 0 Å². The number of nitrogens with zero attached hydrogens (tertiary/aromatic N) is 3. The SMILES string of the molecule is CCC(=O)N1CCN(c2ccc([N+](=O)[O-])c(C(C)(C)C)c2)CC1. The number of benzene rings is 1. The van der Waals surface area contributed by atoms with Crippen molar-refractivity contribution in [2.75, 3.05) is 31.1 Å². The van der Waals surface area contributed by atoms with E-state index in [2.05, 4.69) is 4.90 Å².